The highest BCUT2D eigenvalue weighted by Crippen LogP contribution is 2.41. The zero-order chi connectivity index (χ0) is 15.4. The standard InChI is InChI=1S/C17H29NOSi/c1-7-8-10-14-11-9-12-16(15(14)13-18)19-20(5,6)17(2,3)4/h7,14H,1,8-12H2,2-6H3. The van der Waals surface area contributed by atoms with Crippen LogP contribution >= 0.6 is 0 Å². The quantitative estimate of drug-likeness (QED) is 0.491. The molecule has 2 nitrogen and oxygen atoms in total. The van der Waals surface area contributed by atoms with Gasteiger partial charge in [-0.1, -0.05) is 26.8 Å². The van der Waals surface area contributed by atoms with Gasteiger partial charge in [-0.05, 0) is 49.7 Å². The molecule has 0 heterocycles. The zero-order valence-corrected chi connectivity index (χ0v) is 14.8. The van der Waals surface area contributed by atoms with Crippen LogP contribution < -0.4 is 0 Å². The number of allylic oxidation sites excluding steroid dienone is 3. The Morgan fingerprint density at radius 3 is 2.60 bits per heavy atom. The molecule has 1 aliphatic carbocycles. The van der Waals surface area contributed by atoms with E-state index >= 15 is 0 Å². The van der Waals surface area contributed by atoms with E-state index in [9.17, 15) is 5.26 Å². The SMILES string of the molecule is C=CCCC1CCCC(O[Si](C)(C)C(C)(C)C)=C1C#N. The van der Waals surface area contributed by atoms with E-state index in [2.05, 4.69) is 46.5 Å². The van der Waals surface area contributed by atoms with E-state index < -0.39 is 8.32 Å². The molecule has 0 bridgehead atoms. The highest BCUT2D eigenvalue weighted by atomic mass is 28.4. The van der Waals surface area contributed by atoms with Gasteiger partial charge in [-0.25, -0.2) is 0 Å². The van der Waals surface area contributed by atoms with Crippen molar-refractivity contribution >= 4 is 8.32 Å². The molecule has 1 aliphatic rings. The van der Waals surface area contributed by atoms with Crippen LogP contribution in [0.3, 0.4) is 0 Å². The molecule has 1 atom stereocenters. The minimum atomic E-state index is -1.84. The maximum Gasteiger partial charge on any atom is 0.250 e. The Kier molecular flexibility index (Phi) is 5.65. The molecule has 0 spiro atoms. The van der Waals surface area contributed by atoms with Crippen molar-refractivity contribution in [2.24, 2.45) is 5.92 Å². The van der Waals surface area contributed by atoms with Crippen LogP contribution in [0.2, 0.25) is 18.1 Å². The molecule has 20 heavy (non-hydrogen) atoms. The molecule has 0 aromatic heterocycles. The van der Waals surface area contributed by atoms with Crippen molar-refractivity contribution in [1.82, 2.24) is 0 Å². The first-order chi connectivity index (χ1) is 9.23. The largest absolute Gasteiger partial charge is 0.546 e. The zero-order valence-electron chi connectivity index (χ0n) is 13.8. The van der Waals surface area contributed by atoms with Crippen LogP contribution in [0, 0.1) is 17.2 Å². The van der Waals surface area contributed by atoms with Crippen molar-refractivity contribution in [3.8, 4) is 6.07 Å². The van der Waals surface area contributed by atoms with E-state index in [0.29, 0.717) is 5.92 Å². The lowest BCUT2D eigenvalue weighted by atomic mass is 9.84. The van der Waals surface area contributed by atoms with Crippen LogP contribution in [0.1, 0.15) is 52.9 Å². The molecule has 0 N–H and O–H groups in total. The van der Waals surface area contributed by atoms with Crippen molar-refractivity contribution in [3.05, 3.63) is 24.0 Å². The van der Waals surface area contributed by atoms with Gasteiger partial charge >= 0.3 is 0 Å². The summed E-state index contributed by atoms with van der Waals surface area (Å²) in [5.41, 5.74) is 0.905. The molecule has 0 saturated heterocycles. The number of hydrogen-bond donors (Lipinski definition) is 0. The molecule has 112 valence electrons. The third kappa shape index (κ3) is 3.99. The smallest absolute Gasteiger partial charge is 0.250 e. The lowest BCUT2D eigenvalue weighted by molar-refractivity contribution is 0.324. The predicted molar refractivity (Wildman–Crippen MR) is 87.7 cm³/mol. The van der Waals surface area contributed by atoms with Crippen LogP contribution in [0.25, 0.3) is 0 Å². The van der Waals surface area contributed by atoms with E-state index in [1.54, 1.807) is 0 Å². The molecule has 0 fully saturated rings. The lowest BCUT2D eigenvalue weighted by Gasteiger charge is -2.39. The third-order valence-electron chi connectivity index (χ3n) is 4.69. The molecule has 0 aromatic carbocycles. The predicted octanol–water partition coefficient (Wildman–Crippen LogP) is 5.55. The Hall–Kier alpha value is -1.01. The normalized spacial score (nSPS) is 20.5. The van der Waals surface area contributed by atoms with Crippen LogP contribution in [-0.4, -0.2) is 8.32 Å². The van der Waals surface area contributed by atoms with Gasteiger partial charge in [-0.2, -0.15) is 5.26 Å². The summed E-state index contributed by atoms with van der Waals surface area (Å²) in [5, 5.41) is 9.71. The summed E-state index contributed by atoms with van der Waals surface area (Å²) >= 11 is 0. The fourth-order valence-corrected chi connectivity index (χ4v) is 3.48. The summed E-state index contributed by atoms with van der Waals surface area (Å²) in [7, 11) is -1.84. The van der Waals surface area contributed by atoms with Crippen molar-refractivity contribution < 1.29 is 4.43 Å². The fraction of sp³-hybridized carbons (Fsp3) is 0.706. The van der Waals surface area contributed by atoms with E-state index in [1.165, 1.54) is 0 Å². The number of nitriles is 1. The first-order valence-corrected chi connectivity index (χ1v) is 10.6. The van der Waals surface area contributed by atoms with Gasteiger partial charge < -0.3 is 4.43 Å². The first-order valence-electron chi connectivity index (χ1n) is 7.66. The van der Waals surface area contributed by atoms with Crippen LogP contribution in [0.4, 0.5) is 0 Å². The van der Waals surface area contributed by atoms with Gasteiger partial charge in [0.1, 0.15) is 0 Å². The fourth-order valence-electron chi connectivity index (χ4n) is 2.34. The monoisotopic (exact) mass is 291 g/mol. The summed E-state index contributed by atoms with van der Waals surface area (Å²) in [6, 6.07) is 2.43. The molecular weight excluding hydrogens is 262 g/mol. The van der Waals surface area contributed by atoms with Gasteiger partial charge in [-0.3, -0.25) is 0 Å². The highest BCUT2D eigenvalue weighted by Gasteiger charge is 2.40. The molecule has 0 saturated carbocycles. The van der Waals surface area contributed by atoms with Gasteiger partial charge in [0.15, 0.2) is 0 Å². The maximum atomic E-state index is 9.53. The van der Waals surface area contributed by atoms with Crippen LogP contribution in [0.15, 0.2) is 24.0 Å². The molecular formula is C17H29NOSi. The highest BCUT2D eigenvalue weighted by molar-refractivity contribution is 6.74. The summed E-state index contributed by atoms with van der Waals surface area (Å²) in [5.74, 6) is 1.35. The number of hydrogen-bond acceptors (Lipinski definition) is 2. The molecule has 1 unspecified atom stereocenters. The Labute approximate surface area is 125 Å². The summed E-state index contributed by atoms with van der Waals surface area (Å²) < 4.78 is 6.43. The average Bonchev–Trinajstić information content (AvgIpc) is 2.34. The molecule has 3 heteroatoms. The second-order valence-electron chi connectivity index (χ2n) is 7.27. The molecule has 1 rings (SSSR count). The van der Waals surface area contributed by atoms with E-state index in [1.807, 2.05) is 6.08 Å². The van der Waals surface area contributed by atoms with Crippen molar-refractivity contribution in [2.75, 3.05) is 0 Å². The summed E-state index contributed by atoms with van der Waals surface area (Å²) in [4.78, 5) is 0. The van der Waals surface area contributed by atoms with Crippen LogP contribution in [-0.2, 0) is 4.43 Å². The minimum absolute atomic E-state index is 0.175. The third-order valence-corrected chi connectivity index (χ3v) is 9.06. The molecule has 0 aliphatic heterocycles. The second-order valence-corrected chi connectivity index (χ2v) is 12.0. The van der Waals surface area contributed by atoms with Gasteiger partial charge in [0.25, 0.3) is 0 Å². The second kappa shape index (κ2) is 6.63. The minimum Gasteiger partial charge on any atom is -0.546 e. The first kappa shape index (κ1) is 17.0. The van der Waals surface area contributed by atoms with Gasteiger partial charge in [0.2, 0.25) is 8.32 Å². The number of rotatable bonds is 5. The molecule has 0 radical (unpaired) electrons. The van der Waals surface area contributed by atoms with Gasteiger partial charge in [0.05, 0.1) is 17.4 Å². The van der Waals surface area contributed by atoms with Gasteiger partial charge in [0, 0.05) is 6.42 Å². The Bertz CT molecular complexity index is 423. The Morgan fingerprint density at radius 1 is 1.45 bits per heavy atom. The summed E-state index contributed by atoms with van der Waals surface area (Å²) in [6.45, 7) is 15.0. The van der Waals surface area contributed by atoms with E-state index in [0.717, 1.165) is 43.4 Å². The maximum absolute atomic E-state index is 9.53. The number of nitrogens with zero attached hydrogens (tertiary/aromatic N) is 1. The van der Waals surface area contributed by atoms with Gasteiger partial charge in [-0.15, -0.1) is 6.58 Å². The average molecular weight is 292 g/mol. The Balaban J connectivity index is 2.98. The molecule has 0 aromatic rings. The van der Waals surface area contributed by atoms with E-state index in [-0.39, 0.29) is 5.04 Å². The van der Waals surface area contributed by atoms with Crippen molar-refractivity contribution in [1.29, 1.82) is 5.26 Å². The summed E-state index contributed by atoms with van der Waals surface area (Å²) in [6.07, 6.45) is 7.12. The molecule has 0 amide bonds. The van der Waals surface area contributed by atoms with E-state index in [4.69, 9.17) is 4.43 Å². The Morgan fingerprint density at radius 2 is 2.10 bits per heavy atom. The van der Waals surface area contributed by atoms with Crippen molar-refractivity contribution in [2.45, 2.75) is 71.0 Å². The van der Waals surface area contributed by atoms with Crippen LogP contribution in [0.5, 0.6) is 0 Å². The topological polar surface area (TPSA) is 33.0 Å². The lowest BCUT2D eigenvalue weighted by Crippen LogP contribution is -2.41. The van der Waals surface area contributed by atoms with Crippen molar-refractivity contribution in [3.63, 3.8) is 0 Å².